The van der Waals surface area contributed by atoms with Crippen LogP contribution < -0.4 is 10.5 Å². The van der Waals surface area contributed by atoms with E-state index in [4.69, 9.17) is 15.2 Å². The van der Waals surface area contributed by atoms with E-state index in [0.717, 1.165) is 35.5 Å². The van der Waals surface area contributed by atoms with Gasteiger partial charge in [0.05, 0.1) is 16.2 Å². The quantitative estimate of drug-likeness (QED) is 0.260. The monoisotopic (exact) mass is 457 g/mol. The zero-order valence-electron chi connectivity index (χ0n) is 18.4. The van der Waals surface area contributed by atoms with Crippen LogP contribution in [0.5, 0.6) is 5.75 Å². The van der Waals surface area contributed by atoms with Crippen molar-refractivity contribution in [2.45, 2.75) is 20.8 Å². The summed E-state index contributed by atoms with van der Waals surface area (Å²) >= 11 is 1.28. The van der Waals surface area contributed by atoms with E-state index in [1.54, 1.807) is 19.1 Å². The fraction of sp³-hybridized carbons (Fsp3) is 0.348. The first-order valence-corrected chi connectivity index (χ1v) is 11.3. The van der Waals surface area contributed by atoms with Gasteiger partial charge in [-0.15, -0.1) is 11.3 Å². The highest BCUT2D eigenvalue weighted by Gasteiger charge is 2.23. The number of nitro benzene ring substituents is 1. The van der Waals surface area contributed by atoms with Crippen molar-refractivity contribution in [2.24, 2.45) is 0 Å². The molecule has 1 heterocycles. The van der Waals surface area contributed by atoms with Crippen molar-refractivity contribution in [3.8, 4) is 16.9 Å². The Kier molecular flexibility index (Phi) is 7.66. The number of hydrogen-bond acceptors (Lipinski definition) is 8. The molecule has 0 unspecified atom stereocenters. The Balaban J connectivity index is 2.09. The zero-order valence-corrected chi connectivity index (χ0v) is 19.2. The third-order valence-corrected chi connectivity index (χ3v) is 6.29. The number of carbonyl (C=O) groups excluding carboxylic acids is 1. The molecular formula is C23H27N3O5S. The maximum atomic E-state index is 12.5. The highest BCUT2D eigenvalue weighted by Crippen LogP contribution is 2.45. The van der Waals surface area contributed by atoms with Crippen LogP contribution in [0.2, 0.25) is 0 Å². The second kappa shape index (κ2) is 10.4. The summed E-state index contributed by atoms with van der Waals surface area (Å²) in [6.45, 7) is 9.22. The molecular weight excluding hydrogens is 430 g/mol. The number of benzene rings is 2. The van der Waals surface area contributed by atoms with E-state index in [1.165, 1.54) is 23.5 Å². The van der Waals surface area contributed by atoms with Crippen molar-refractivity contribution < 1.29 is 19.2 Å². The lowest BCUT2D eigenvalue weighted by Gasteiger charge is -2.19. The first-order valence-electron chi connectivity index (χ1n) is 10.5. The number of likely N-dealkylation sites (N-methyl/N-ethyl adjacent to an activating group) is 1. The third kappa shape index (κ3) is 4.84. The summed E-state index contributed by atoms with van der Waals surface area (Å²) in [7, 11) is 0. The molecule has 8 nitrogen and oxygen atoms in total. The van der Waals surface area contributed by atoms with E-state index < -0.39 is 10.9 Å². The molecule has 2 N–H and O–H groups in total. The number of nitrogens with zero attached hydrogens (tertiary/aromatic N) is 2. The molecule has 0 aliphatic rings. The van der Waals surface area contributed by atoms with Gasteiger partial charge in [-0.1, -0.05) is 19.9 Å². The van der Waals surface area contributed by atoms with Gasteiger partial charge >= 0.3 is 5.97 Å². The Bertz CT molecular complexity index is 1110. The number of nitrogens with two attached hydrogens (primary N) is 1. The van der Waals surface area contributed by atoms with Gasteiger partial charge in [0, 0.05) is 29.6 Å². The molecule has 3 aromatic rings. The van der Waals surface area contributed by atoms with E-state index in [9.17, 15) is 14.9 Å². The fourth-order valence-corrected chi connectivity index (χ4v) is 4.58. The number of ether oxygens (including phenoxy) is 2. The second-order valence-corrected chi connectivity index (χ2v) is 8.11. The number of carbonyl (C=O) groups is 1. The first-order chi connectivity index (χ1) is 15.4. The van der Waals surface area contributed by atoms with E-state index in [2.05, 4.69) is 18.7 Å². The van der Waals surface area contributed by atoms with Gasteiger partial charge in [0.25, 0.3) is 5.69 Å². The first kappa shape index (κ1) is 23.5. The largest absolute Gasteiger partial charge is 0.490 e. The average Bonchev–Trinajstić information content (AvgIpc) is 3.13. The van der Waals surface area contributed by atoms with Crippen LogP contribution in [0.15, 0.2) is 36.4 Å². The van der Waals surface area contributed by atoms with Gasteiger partial charge in [0.1, 0.15) is 22.9 Å². The lowest BCUT2D eigenvalue weighted by molar-refractivity contribution is -0.384. The molecule has 1 aromatic heterocycles. The number of hydrogen-bond donors (Lipinski definition) is 1. The van der Waals surface area contributed by atoms with Crippen LogP contribution in [0.4, 0.5) is 10.7 Å². The predicted molar refractivity (Wildman–Crippen MR) is 128 cm³/mol. The molecule has 170 valence electrons. The van der Waals surface area contributed by atoms with Crippen molar-refractivity contribution in [2.75, 3.05) is 38.6 Å². The molecule has 0 saturated carbocycles. The van der Waals surface area contributed by atoms with Crippen LogP contribution >= 0.6 is 11.3 Å². The summed E-state index contributed by atoms with van der Waals surface area (Å²) in [6, 6.07) is 9.99. The molecule has 0 amide bonds. The molecule has 0 atom stereocenters. The summed E-state index contributed by atoms with van der Waals surface area (Å²) in [6.07, 6.45) is 0. The molecule has 9 heteroatoms. The number of non-ortho nitro benzene ring substituents is 1. The minimum atomic E-state index is -0.464. The van der Waals surface area contributed by atoms with Crippen LogP contribution in [0.3, 0.4) is 0 Å². The lowest BCUT2D eigenvalue weighted by atomic mass is 10.0. The molecule has 0 saturated heterocycles. The van der Waals surface area contributed by atoms with Crippen LogP contribution in [0.1, 0.15) is 31.1 Å². The molecule has 0 spiro atoms. The minimum absolute atomic E-state index is 0.0174. The average molecular weight is 458 g/mol. The summed E-state index contributed by atoms with van der Waals surface area (Å²) in [5, 5.41) is 12.1. The molecule has 0 bridgehead atoms. The molecule has 3 rings (SSSR count). The standard InChI is InChI=1S/C23H27N3O5S/c1-4-25(5-2)13-14-31-20-17(15-7-9-16(10-8-15)26(28)29)11-12-18-19(23(27)30-6-3)22(24)32-21(18)20/h7-12H,4-6,13-14,24H2,1-3H3. The summed E-state index contributed by atoms with van der Waals surface area (Å²) < 4.78 is 12.2. The molecule has 0 radical (unpaired) electrons. The van der Waals surface area contributed by atoms with E-state index >= 15 is 0 Å². The van der Waals surface area contributed by atoms with Gasteiger partial charge in [0.15, 0.2) is 0 Å². The molecule has 0 aliphatic heterocycles. The van der Waals surface area contributed by atoms with E-state index in [-0.39, 0.29) is 12.3 Å². The Morgan fingerprint density at radius 1 is 1.12 bits per heavy atom. The third-order valence-electron chi connectivity index (χ3n) is 5.26. The summed E-state index contributed by atoms with van der Waals surface area (Å²) in [5.74, 6) is 0.143. The van der Waals surface area contributed by atoms with Gasteiger partial charge in [-0.25, -0.2) is 4.79 Å². The number of rotatable bonds is 10. The van der Waals surface area contributed by atoms with Crippen LogP contribution in [0, 0.1) is 10.1 Å². The van der Waals surface area contributed by atoms with Gasteiger partial charge in [-0.05, 0) is 43.8 Å². The van der Waals surface area contributed by atoms with Crippen molar-refractivity contribution in [1.29, 1.82) is 0 Å². The lowest BCUT2D eigenvalue weighted by Crippen LogP contribution is -2.28. The number of nitrogen functional groups attached to an aromatic ring is 1. The Hall–Kier alpha value is -3.17. The zero-order chi connectivity index (χ0) is 23.3. The van der Waals surface area contributed by atoms with Crippen LogP contribution in [-0.2, 0) is 4.74 Å². The normalized spacial score (nSPS) is 11.1. The minimum Gasteiger partial charge on any atom is -0.490 e. The van der Waals surface area contributed by atoms with Crippen LogP contribution in [0.25, 0.3) is 21.2 Å². The number of thiophene rings is 1. The Morgan fingerprint density at radius 3 is 2.41 bits per heavy atom. The molecule has 32 heavy (non-hydrogen) atoms. The number of nitro groups is 1. The SMILES string of the molecule is CCOC(=O)c1c(N)sc2c(OCCN(CC)CC)c(-c3ccc([N+](=O)[O-])cc3)ccc12. The van der Waals surface area contributed by atoms with Gasteiger partial charge in [0.2, 0.25) is 0 Å². The summed E-state index contributed by atoms with van der Waals surface area (Å²) in [4.78, 5) is 25.3. The van der Waals surface area contributed by atoms with E-state index in [0.29, 0.717) is 28.3 Å². The van der Waals surface area contributed by atoms with Gasteiger partial charge in [-0.3, -0.25) is 10.1 Å². The Morgan fingerprint density at radius 2 is 1.81 bits per heavy atom. The maximum Gasteiger partial charge on any atom is 0.341 e. The van der Waals surface area contributed by atoms with Crippen molar-refractivity contribution in [3.63, 3.8) is 0 Å². The van der Waals surface area contributed by atoms with Gasteiger partial charge in [-0.2, -0.15) is 0 Å². The summed E-state index contributed by atoms with van der Waals surface area (Å²) in [5.41, 5.74) is 8.11. The number of esters is 1. The van der Waals surface area contributed by atoms with Crippen molar-refractivity contribution in [3.05, 3.63) is 52.1 Å². The highest BCUT2D eigenvalue weighted by molar-refractivity contribution is 7.23. The van der Waals surface area contributed by atoms with Gasteiger partial charge < -0.3 is 20.1 Å². The smallest absolute Gasteiger partial charge is 0.341 e. The molecule has 0 fully saturated rings. The van der Waals surface area contributed by atoms with Crippen LogP contribution in [-0.4, -0.2) is 48.6 Å². The fourth-order valence-electron chi connectivity index (χ4n) is 3.52. The maximum absolute atomic E-state index is 12.5. The predicted octanol–water partition coefficient (Wildman–Crippen LogP) is 4.96. The molecule has 0 aliphatic carbocycles. The van der Waals surface area contributed by atoms with Crippen molar-refractivity contribution >= 4 is 38.1 Å². The Labute approximate surface area is 190 Å². The topological polar surface area (TPSA) is 108 Å². The number of fused-ring (bicyclic) bond motifs is 1. The highest BCUT2D eigenvalue weighted by atomic mass is 32.1. The van der Waals surface area contributed by atoms with Crippen molar-refractivity contribution in [1.82, 2.24) is 4.90 Å². The second-order valence-electron chi connectivity index (χ2n) is 7.06. The van der Waals surface area contributed by atoms with E-state index in [1.807, 2.05) is 12.1 Å². The number of anilines is 1. The molecule has 2 aromatic carbocycles.